The smallest absolute Gasteiger partial charge is 0.294 e. The van der Waals surface area contributed by atoms with Gasteiger partial charge in [-0.05, 0) is 55.5 Å². The molecular weight excluding hydrogens is 474 g/mol. The van der Waals surface area contributed by atoms with Crippen molar-refractivity contribution in [3.8, 4) is 0 Å². The summed E-state index contributed by atoms with van der Waals surface area (Å²) < 4.78 is 32.1. The van der Waals surface area contributed by atoms with Crippen molar-refractivity contribution in [3.05, 3.63) is 96.6 Å². The Morgan fingerprint density at radius 3 is 2.17 bits per heavy atom. The molecule has 9 heteroatoms. The number of hydrogen-bond acceptors (Lipinski definition) is 7. The monoisotopic (exact) mass is 497 g/mol. The summed E-state index contributed by atoms with van der Waals surface area (Å²) in [7, 11) is -4.32. The molecule has 0 saturated heterocycles. The first-order valence-electron chi connectivity index (χ1n) is 11.1. The average Bonchev–Trinajstić information content (AvgIpc) is 2.87. The van der Waals surface area contributed by atoms with Crippen LogP contribution >= 0.6 is 0 Å². The van der Waals surface area contributed by atoms with Crippen LogP contribution in [0.3, 0.4) is 0 Å². The lowest BCUT2D eigenvalue weighted by Gasteiger charge is -2.16. The first-order chi connectivity index (χ1) is 17.3. The SMILES string of the molecule is Cc1ccc2c(NNc3ccc(/N=N/c4cccc(S(=O)(=O)O)c4)c4ccccc34)ccc(N)c2c1. The van der Waals surface area contributed by atoms with Crippen molar-refractivity contribution in [1.29, 1.82) is 0 Å². The van der Waals surface area contributed by atoms with Crippen LogP contribution in [0.25, 0.3) is 21.5 Å². The number of rotatable bonds is 6. The second-order valence-corrected chi connectivity index (χ2v) is 9.77. The van der Waals surface area contributed by atoms with E-state index in [1.54, 1.807) is 6.07 Å². The molecule has 0 spiro atoms. The van der Waals surface area contributed by atoms with E-state index in [4.69, 9.17) is 5.73 Å². The maximum absolute atomic E-state index is 11.4. The molecule has 0 aromatic heterocycles. The zero-order valence-corrected chi connectivity index (χ0v) is 20.1. The van der Waals surface area contributed by atoms with Crippen LogP contribution in [-0.4, -0.2) is 13.0 Å². The van der Waals surface area contributed by atoms with Gasteiger partial charge in [-0.15, -0.1) is 5.11 Å². The Bertz CT molecular complexity index is 1750. The molecular formula is C27H23N5O3S. The first kappa shape index (κ1) is 23.3. The highest BCUT2D eigenvalue weighted by Crippen LogP contribution is 2.34. The van der Waals surface area contributed by atoms with Gasteiger partial charge in [-0.1, -0.05) is 48.0 Å². The minimum atomic E-state index is -4.32. The van der Waals surface area contributed by atoms with Crippen LogP contribution < -0.4 is 16.6 Å². The third-order valence-electron chi connectivity index (χ3n) is 5.83. The Hall–Kier alpha value is -4.47. The molecule has 0 heterocycles. The highest BCUT2D eigenvalue weighted by Gasteiger charge is 2.10. The van der Waals surface area contributed by atoms with Gasteiger partial charge in [-0.25, -0.2) is 0 Å². The standard InChI is InChI=1S/C27H23N5O3S/c1-17-9-10-22-23(15-17)24(28)11-12-25(22)31-32-27-14-13-26(20-7-2-3-8-21(20)27)30-29-18-5-4-6-19(16-18)36(33,34)35/h2-16,31-32H,28H2,1H3,(H,33,34,35)/b30-29+. The highest BCUT2D eigenvalue weighted by atomic mass is 32.2. The largest absolute Gasteiger partial charge is 0.398 e. The van der Waals surface area contributed by atoms with E-state index in [0.717, 1.165) is 44.2 Å². The molecule has 5 rings (SSSR count). The maximum atomic E-state index is 11.4. The van der Waals surface area contributed by atoms with Crippen molar-refractivity contribution in [2.24, 2.45) is 10.2 Å². The summed E-state index contributed by atoms with van der Waals surface area (Å²) in [5.41, 5.74) is 17.3. The van der Waals surface area contributed by atoms with Crippen molar-refractivity contribution in [2.45, 2.75) is 11.8 Å². The Kier molecular flexibility index (Phi) is 6.01. The lowest BCUT2D eigenvalue weighted by Crippen LogP contribution is -2.09. The number of aryl methyl sites for hydroxylation is 1. The molecule has 0 aliphatic carbocycles. The van der Waals surface area contributed by atoms with Gasteiger partial charge in [0.15, 0.2) is 0 Å². The van der Waals surface area contributed by atoms with Gasteiger partial charge in [-0.2, -0.15) is 13.5 Å². The third-order valence-corrected chi connectivity index (χ3v) is 6.68. The number of nitrogens with zero attached hydrogens (tertiary/aromatic N) is 2. The van der Waals surface area contributed by atoms with E-state index in [1.165, 1.54) is 18.2 Å². The molecule has 180 valence electrons. The maximum Gasteiger partial charge on any atom is 0.294 e. The number of hydrazine groups is 1. The van der Waals surface area contributed by atoms with E-state index in [9.17, 15) is 13.0 Å². The molecule has 0 atom stereocenters. The van der Waals surface area contributed by atoms with Crippen molar-refractivity contribution >= 4 is 60.1 Å². The second-order valence-electron chi connectivity index (χ2n) is 8.35. The molecule has 0 bridgehead atoms. The number of nitrogens with two attached hydrogens (primary N) is 1. The van der Waals surface area contributed by atoms with E-state index in [-0.39, 0.29) is 4.90 Å². The summed E-state index contributed by atoms with van der Waals surface area (Å²) in [5, 5.41) is 12.3. The molecule has 0 radical (unpaired) electrons. The molecule has 8 nitrogen and oxygen atoms in total. The number of fused-ring (bicyclic) bond motifs is 2. The average molecular weight is 498 g/mol. The summed E-state index contributed by atoms with van der Waals surface area (Å²) in [6, 6.07) is 27.1. The predicted molar refractivity (Wildman–Crippen MR) is 145 cm³/mol. The lowest BCUT2D eigenvalue weighted by molar-refractivity contribution is 0.483. The number of benzene rings is 5. The van der Waals surface area contributed by atoms with Crippen molar-refractivity contribution in [3.63, 3.8) is 0 Å². The van der Waals surface area contributed by atoms with Crippen LogP contribution in [0, 0.1) is 6.92 Å². The fraction of sp³-hybridized carbons (Fsp3) is 0.0370. The van der Waals surface area contributed by atoms with Gasteiger partial charge < -0.3 is 16.6 Å². The Labute approximate surface area is 208 Å². The van der Waals surface area contributed by atoms with Gasteiger partial charge in [0.25, 0.3) is 10.1 Å². The molecule has 0 aliphatic rings. The normalized spacial score (nSPS) is 11.8. The summed E-state index contributed by atoms with van der Waals surface area (Å²) in [4.78, 5) is -0.236. The van der Waals surface area contributed by atoms with Gasteiger partial charge in [0.2, 0.25) is 0 Å². The Morgan fingerprint density at radius 1 is 0.722 bits per heavy atom. The fourth-order valence-corrected chi connectivity index (χ4v) is 4.55. The Balaban J connectivity index is 1.45. The van der Waals surface area contributed by atoms with Crippen LogP contribution in [0.5, 0.6) is 0 Å². The van der Waals surface area contributed by atoms with Crippen LogP contribution in [-0.2, 0) is 10.1 Å². The van der Waals surface area contributed by atoms with E-state index in [2.05, 4.69) is 27.1 Å². The molecule has 5 aromatic rings. The van der Waals surface area contributed by atoms with E-state index < -0.39 is 10.1 Å². The second kappa shape index (κ2) is 9.29. The fourth-order valence-electron chi connectivity index (χ4n) is 4.03. The van der Waals surface area contributed by atoms with Crippen molar-refractivity contribution in [1.82, 2.24) is 0 Å². The van der Waals surface area contributed by atoms with E-state index in [0.29, 0.717) is 11.4 Å². The van der Waals surface area contributed by atoms with Gasteiger partial charge in [0.05, 0.1) is 27.6 Å². The van der Waals surface area contributed by atoms with Gasteiger partial charge >= 0.3 is 0 Å². The van der Waals surface area contributed by atoms with Gasteiger partial charge in [0.1, 0.15) is 0 Å². The minimum absolute atomic E-state index is 0.236. The van der Waals surface area contributed by atoms with Crippen molar-refractivity contribution < 1.29 is 13.0 Å². The number of hydrogen-bond donors (Lipinski definition) is 4. The summed E-state index contributed by atoms with van der Waals surface area (Å²) in [5.74, 6) is 0. The topological polar surface area (TPSA) is 129 Å². The van der Waals surface area contributed by atoms with Gasteiger partial charge in [-0.3, -0.25) is 4.55 Å². The highest BCUT2D eigenvalue weighted by molar-refractivity contribution is 7.85. The molecule has 0 fully saturated rings. The van der Waals surface area contributed by atoms with Crippen molar-refractivity contribution in [2.75, 3.05) is 16.6 Å². The molecule has 0 aliphatic heterocycles. The lowest BCUT2D eigenvalue weighted by atomic mass is 10.0. The number of anilines is 3. The van der Waals surface area contributed by atoms with Gasteiger partial charge in [0, 0.05) is 27.2 Å². The summed E-state index contributed by atoms with van der Waals surface area (Å²) >= 11 is 0. The summed E-state index contributed by atoms with van der Waals surface area (Å²) in [6.45, 7) is 2.04. The van der Waals surface area contributed by atoms with Crippen LogP contribution in [0.4, 0.5) is 28.4 Å². The first-order valence-corrected chi connectivity index (χ1v) is 12.6. The zero-order valence-electron chi connectivity index (χ0n) is 19.3. The molecule has 5 N–H and O–H groups in total. The molecule has 36 heavy (non-hydrogen) atoms. The zero-order chi connectivity index (χ0) is 25.3. The number of azo groups is 1. The molecule has 0 saturated carbocycles. The quantitative estimate of drug-likeness (QED) is 0.0866. The summed E-state index contributed by atoms with van der Waals surface area (Å²) in [6.07, 6.45) is 0. The third kappa shape index (κ3) is 4.70. The Morgan fingerprint density at radius 2 is 1.42 bits per heavy atom. The van der Waals surface area contributed by atoms with Crippen LogP contribution in [0.15, 0.2) is 106 Å². The van der Waals surface area contributed by atoms with E-state index in [1.807, 2.05) is 67.6 Å². The van der Waals surface area contributed by atoms with E-state index >= 15 is 0 Å². The van der Waals surface area contributed by atoms with Crippen LogP contribution in [0.1, 0.15) is 5.56 Å². The number of nitrogen functional groups attached to an aromatic ring is 1. The molecule has 0 amide bonds. The predicted octanol–water partition coefficient (Wildman–Crippen LogP) is 6.98. The minimum Gasteiger partial charge on any atom is -0.398 e. The number of nitrogens with one attached hydrogen (secondary N) is 2. The molecule has 5 aromatic carbocycles. The molecule has 0 unspecified atom stereocenters. The van der Waals surface area contributed by atoms with Crippen LogP contribution in [0.2, 0.25) is 0 Å².